The quantitative estimate of drug-likeness (QED) is 0.661. The fraction of sp³-hybridized carbons (Fsp3) is 0.300. The maximum absolute atomic E-state index is 14.0. The van der Waals surface area contributed by atoms with Crippen LogP contribution in [0.2, 0.25) is 0 Å². The second kappa shape index (κ2) is 5.48. The van der Waals surface area contributed by atoms with Crippen LogP contribution in [0.1, 0.15) is 26.1 Å². The number of benzene rings is 2. The highest BCUT2D eigenvalue weighted by Crippen LogP contribution is 2.31. The lowest BCUT2D eigenvalue weighted by atomic mass is 9.85. The van der Waals surface area contributed by atoms with Crippen molar-refractivity contribution in [1.29, 1.82) is 0 Å². The largest absolute Gasteiger partial charge is 0.296 e. The molecule has 4 rings (SSSR count). The van der Waals surface area contributed by atoms with Crippen molar-refractivity contribution in [3.8, 4) is 11.1 Å². The molecule has 0 spiro atoms. The van der Waals surface area contributed by atoms with Gasteiger partial charge in [-0.1, -0.05) is 26.0 Å². The van der Waals surface area contributed by atoms with E-state index in [0.29, 0.717) is 23.0 Å². The molecular weight excluding hydrogens is 322 g/mol. The minimum absolute atomic E-state index is 0.0580. The van der Waals surface area contributed by atoms with Gasteiger partial charge in [0, 0.05) is 13.0 Å². The number of aryl methyl sites for hydroxylation is 1. The van der Waals surface area contributed by atoms with Crippen molar-refractivity contribution in [3.63, 3.8) is 0 Å². The predicted molar refractivity (Wildman–Crippen MR) is 93.5 cm³/mol. The summed E-state index contributed by atoms with van der Waals surface area (Å²) >= 11 is 0. The summed E-state index contributed by atoms with van der Waals surface area (Å²) in [5.74, 6) is -0.519. The van der Waals surface area contributed by atoms with E-state index in [1.807, 2.05) is 0 Å². The molecule has 0 N–H and O–H groups in total. The minimum atomic E-state index is -0.629. The van der Waals surface area contributed by atoms with Gasteiger partial charge >= 0.3 is 0 Å². The number of aromatic nitrogens is 2. The van der Waals surface area contributed by atoms with Gasteiger partial charge in [0.2, 0.25) is 0 Å². The molecule has 25 heavy (non-hydrogen) atoms. The lowest BCUT2D eigenvalue weighted by molar-refractivity contribution is 0.240. The first-order chi connectivity index (χ1) is 11.9. The monoisotopic (exact) mass is 340 g/mol. The van der Waals surface area contributed by atoms with Gasteiger partial charge in [-0.2, -0.15) is 0 Å². The van der Waals surface area contributed by atoms with Crippen LogP contribution < -0.4 is 5.56 Å². The zero-order valence-corrected chi connectivity index (χ0v) is 14.1. The number of hydrogen-bond donors (Lipinski definition) is 0. The summed E-state index contributed by atoms with van der Waals surface area (Å²) < 4.78 is 29.8. The molecule has 0 atom stereocenters. The zero-order chi connectivity index (χ0) is 17.8. The Kier molecular flexibility index (Phi) is 3.49. The van der Waals surface area contributed by atoms with E-state index in [4.69, 9.17) is 0 Å². The van der Waals surface area contributed by atoms with Gasteiger partial charge in [-0.3, -0.25) is 9.36 Å². The second-order valence-electron chi connectivity index (χ2n) is 7.41. The molecule has 128 valence electrons. The maximum Gasteiger partial charge on any atom is 0.261 e. The number of fused-ring (bicyclic) bond motifs is 2. The summed E-state index contributed by atoms with van der Waals surface area (Å²) in [6.07, 6.45) is 1.67. The minimum Gasteiger partial charge on any atom is -0.296 e. The molecule has 0 aliphatic carbocycles. The highest BCUT2D eigenvalue weighted by Gasteiger charge is 2.27. The van der Waals surface area contributed by atoms with E-state index in [-0.39, 0.29) is 16.5 Å². The first kappa shape index (κ1) is 15.9. The highest BCUT2D eigenvalue weighted by molar-refractivity contribution is 5.84. The van der Waals surface area contributed by atoms with Gasteiger partial charge in [0.15, 0.2) is 0 Å². The van der Waals surface area contributed by atoms with Crippen molar-refractivity contribution in [2.75, 3.05) is 0 Å². The van der Waals surface area contributed by atoms with Gasteiger partial charge in [-0.05, 0) is 41.7 Å². The molecule has 5 heteroatoms. The Bertz CT molecular complexity index is 1030. The van der Waals surface area contributed by atoms with E-state index < -0.39 is 11.6 Å². The average Bonchev–Trinajstić information content (AvgIpc) is 2.55. The maximum atomic E-state index is 14.0. The molecule has 2 heterocycles. The van der Waals surface area contributed by atoms with Gasteiger partial charge in [0.1, 0.15) is 17.5 Å². The molecular formula is C20H18F2N2O. The summed E-state index contributed by atoms with van der Waals surface area (Å²) in [6.45, 7) is 4.90. The van der Waals surface area contributed by atoms with Gasteiger partial charge in [0.25, 0.3) is 5.56 Å². The van der Waals surface area contributed by atoms with Crippen molar-refractivity contribution in [2.24, 2.45) is 5.41 Å². The lowest BCUT2D eigenvalue weighted by Crippen LogP contribution is -2.36. The van der Waals surface area contributed by atoms with Gasteiger partial charge in [-0.15, -0.1) is 0 Å². The van der Waals surface area contributed by atoms with E-state index in [2.05, 4.69) is 18.8 Å². The van der Waals surface area contributed by atoms with E-state index in [0.717, 1.165) is 18.7 Å². The summed E-state index contributed by atoms with van der Waals surface area (Å²) in [5.41, 5.74) is 0.744. The molecule has 0 radical (unpaired) electrons. The Morgan fingerprint density at radius 2 is 1.84 bits per heavy atom. The molecule has 0 amide bonds. The van der Waals surface area contributed by atoms with Crippen molar-refractivity contribution in [1.82, 2.24) is 9.55 Å². The third-order valence-corrected chi connectivity index (χ3v) is 4.90. The summed E-state index contributed by atoms with van der Waals surface area (Å²) in [5, 5.41) is 0.474. The van der Waals surface area contributed by atoms with E-state index >= 15 is 0 Å². The number of hydrogen-bond acceptors (Lipinski definition) is 2. The molecule has 1 aromatic heterocycles. The van der Waals surface area contributed by atoms with Crippen LogP contribution in [0.3, 0.4) is 0 Å². The number of rotatable bonds is 1. The van der Waals surface area contributed by atoms with Crippen LogP contribution in [-0.4, -0.2) is 9.55 Å². The summed E-state index contributed by atoms with van der Waals surface area (Å²) in [6, 6.07) is 8.56. The van der Waals surface area contributed by atoms with Gasteiger partial charge in [0.05, 0.1) is 16.5 Å². The Morgan fingerprint density at radius 3 is 2.56 bits per heavy atom. The van der Waals surface area contributed by atoms with Crippen LogP contribution in [0.5, 0.6) is 0 Å². The van der Waals surface area contributed by atoms with Crippen LogP contribution in [0.25, 0.3) is 22.0 Å². The highest BCUT2D eigenvalue weighted by atomic mass is 19.1. The Morgan fingerprint density at radius 1 is 1.12 bits per heavy atom. The third kappa shape index (κ3) is 2.64. The number of nitrogens with zero attached hydrogens (tertiary/aromatic N) is 2. The molecule has 1 aliphatic heterocycles. The molecule has 0 bridgehead atoms. The van der Waals surface area contributed by atoms with Crippen LogP contribution in [0, 0.1) is 17.0 Å². The molecule has 3 aromatic rings. The first-order valence-electron chi connectivity index (χ1n) is 8.34. The standard InChI is InChI=1S/C20H18F2N2O/c1-20(2)9-8-17-23-16-10-12(18-14(21)4-3-5-15(18)22)6-7-13(16)19(25)24(17)11-20/h3-7,10H,8-9,11H2,1-2H3. The first-order valence-corrected chi connectivity index (χ1v) is 8.34. The normalized spacial score (nSPS) is 16.0. The van der Waals surface area contributed by atoms with E-state index in [1.165, 1.54) is 18.2 Å². The van der Waals surface area contributed by atoms with Crippen LogP contribution in [-0.2, 0) is 13.0 Å². The Hall–Kier alpha value is -2.56. The second-order valence-corrected chi connectivity index (χ2v) is 7.41. The molecule has 0 saturated carbocycles. The SMILES string of the molecule is CC1(C)CCc2nc3cc(-c4c(F)cccc4F)ccc3c(=O)n2C1. The van der Waals surface area contributed by atoms with E-state index in [1.54, 1.807) is 22.8 Å². The number of halogens is 2. The molecule has 0 fully saturated rings. The molecule has 2 aromatic carbocycles. The molecule has 0 unspecified atom stereocenters. The van der Waals surface area contributed by atoms with E-state index in [9.17, 15) is 13.6 Å². The predicted octanol–water partition coefficient (Wildman–Crippen LogP) is 4.31. The van der Waals surface area contributed by atoms with Crippen molar-refractivity contribution in [3.05, 3.63) is 64.2 Å². The summed E-state index contributed by atoms with van der Waals surface area (Å²) in [4.78, 5) is 17.4. The van der Waals surface area contributed by atoms with Gasteiger partial charge in [-0.25, -0.2) is 13.8 Å². The van der Waals surface area contributed by atoms with Crippen LogP contribution in [0.4, 0.5) is 8.78 Å². The Labute approximate surface area is 143 Å². The van der Waals surface area contributed by atoms with Crippen molar-refractivity contribution in [2.45, 2.75) is 33.2 Å². The van der Waals surface area contributed by atoms with Crippen molar-refractivity contribution >= 4 is 10.9 Å². The lowest BCUT2D eigenvalue weighted by Gasteiger charge is -2.31. The fourth-order valence-electron chi connectivity index (χ4n) is 3.51. The third-order valence-electron chi connectivity index (χ3n) is 4.90. The topological polar surface area (TPSA) is 34.9 Å². The average molecular weight is 340 g/mol. The van der Waals surface area contributed by atoms with Crippen molar-refractivity contribution < 1.29 is 8.78 Å². The summed E-state index contributed by atoms with van der Waals surface area (Å²) in [7, 11) is 0. The fourth-order valence-corrected chi connectivity index (χ4v) is 3.51. The Balaban J connectivity index is 1.93. The molecule has 1 aliphatic rings. The smallest absolute Gasteiger partial charge is 0.261 e. The molecule has 0 saturated heterocycles. The molecule has 3 nitrogen and oxygen atoms in total. The van der Waals surface area contributed by atoms with Gasteiger partial charge < -0.3 is 0 Å². The van der Waals surface area contributed by atoms with Crippen LogP contribution in [0.15, 0.2) is 41.2 Å². The zero-order valence-electron chi connectivity index (χ0n) is 14.1. The van der Waals surface area contributed by atoms with Crippen LogP contribution >= 0.6 is 0 Å².